The van der Waals surface area contributed by atoms with E-state index in [1.54, 1.807) is 0 Å². The van der Waals surface area contributed by atoms with Crippen molar-refractivity contribution in [3.63, 3.8) is 0 Å². The maximum atomic E-state index is 11.2. The fraction of sp³-hybridized carbons (Fsp3) is 0.909. The molecule has 0 aliphatic heterocycles. The highest BCUT2D eigenvalue weighted by Crippen LogP contribution is 2.29. The molecule has 0 amide bonds. The maximum Gasteiger partial charge on any atom is 0.133 e. The van der Waals surface area contributed by atoms with Crippen molar-refractivity contribution in [1.29, 1.82) is 0 Å². The van der Waals surface area contributed by atoms with Crippen molar-refractivity contribution in [2.75, 3.05) is 0 Å². The Hall–Kier alpha value is -0.330. The van der Waals surface area contributed by atoms with Gasteiger partial charge >= 0.3 is 0 Å². The highest BCUT2D eigenvalue weighted by atomic mass is 16.1. The van der Waals surface area contributed by atoms with Crippen LogP contribution in [0.3, 0.4) is 0 Å². The summed E-state index contributed by atoms with van der Waals surface area (Å²) in [6.07, 6.45) is 6.81. The number of carbonyl (C=O) groups excluding carboxylic acids is 1. The highest BCUT2D eigenvalue weighted by molar-refractivity contribution is 5.79. The van der Waals surface area contributed by atoms with Crippen LogP contribution in [0.5, 0.6) is 0 Å². The van der Waals surface area contributed by atoms with Gasteiger partial charge in [0.25, 0.3) is 0 Å². The fourth-order valence-corrected chi connectivity index (χ4v) is 2.24. The molecule has 0 aromatic carbocycles. The lowest BCUT2D eigenvalue weighted by Crippen LogP contribution is -2.20. The van der Waals surface area contributed by atoms with Crippen LogP contribution in [0, 0.1) is 11.8 Å². The number of unbranched alkanes of at least 4 members (excludes halogenated alkanes) is 1. The molecule has 70 valence electrons. The molecule has 1 saturated carbocycles. The SMILES string of the molecule is CCCC[C@H]1CC(=O)C[C@H](C)C1. The van der Waals surface area contributed by atoms with E-state index in [2.05, 4.69) is 13.8 Å². The number of rotatable bonds is 3. The van der Waals surface area contributed by atoms with Crippen LogP contribution in [-0.4, -0.2) is 5.78 Å². The lowest BCUT2D eigenvalue weighted by Gasteiger charge is -2.25. The summed E-state index contributed by atoms with van der Waals surface area (Å²) in [5.41, 5.74) is 0. The van der Waals surface area contributed by atoms with Gasteiger partial charge in [0.1, 0.15) is 5.78 Å². The summed E-state index contributed by atoms with van der Waals surface area (Å²) < 4.78 is 0. The Morgan fingerprint density at radius 1 is 1.42 bits per heavy atom. The molecule has 1 nitrogen and oxygen atoms in total. The molecule has 0 aromatic rings. The summed E-state index contributed by atoms with van der Waals surface area (Å²) in [5, 5.41) is 0. The van der Waals surface area contributed by atoms with Crippen LogP contribution in [0.1, 0.15) is 52.4 Å². The van der Waals surface area contributed by atoms with E-state index in [9.17, 15) is 4.79 Å². The third-order valence-electron chi connectivity index (χ3n) is 2.79. The molecule has 0 bridgehead atoms. The van der Waals surface area contributed by atoms with Crippen LogP contribution in [0.25, 0.3) is 0 Å². The molecule has 1 rings (SSSR count). The van der Waals surface area contributed by atoms with E-state index in [-0.39, 0.29) is 0 Å². The van der Waals surface area contributed by atoms with Gasteiger partial charge in [0.05, 0.1) is 0 Å². The van der Waals surface area contributed by atoms with Crippen molar-refractivity contribution in [3.8, 4) is 0 Å². The normalized spacial score (nSPS) is 30.7. The molecule has 12 heavy (non-hydrogen) atoms. The lowest BCUT2D eigenvalue weighted by atomic mass is 9.79. The quantitative estimate of drug-likeness (QED) is 0.632. The average Bonchev–Trinajstić information content (AvgIpc) is 1.99. The molecule has 1 aliphatic rings. The molecule has 0 radical (unpaired) electrons. The lowest BCUT2D eigenvalue weighted by molar-refractivity contribution is -0.122. The molecule has 0 N–H and O–H groups in total. The van der Waals surface area contributed by atoms with Gasteiger partial charge in [0.15, 0.2) is 0 Å². The fourth-order valence-electron chi connectivity index (χ4n) is 2.24. The second-order valence-corrected chi connectivity index (χ2v) is 4.30. The summed E-state index contributed by atoms with van der Waals surface area (Å²) >= 11 is 0. The predicted molar refractivity (Wildman–Crippen MR) is 51.0 cm³/mol. The Bertz CT molecular complexity index is 151. The van der Waals surface area contributed by atoms with E-state index in [1.165, 1.54) is 25.7 Å². The van der Waals surface area contributed by atoms with Gasteiger partial charge in [-0.2, -0.15) is 0 Å². The second kappa shape index (κ2) is 4.64. The van der Waals surface area contributed by atoms with Crippen molar-refractivity contribution in [2.45, 2.75) is 52.4 Å². The van der Waals surface area contributed by atoms with Gasteiger partial charge in [0, 0.05) is 12.8 Å². The number of Topliss-reactive ketones (excluding diaryl/α,β-unsaturated/α-hetero) is 1. The Balaban J connectivity index is 2.29. The molecular weight excluding hydrogens is 148 g/mol. The number of ketones is 1. The van der Waals surface area contributed by atoms with Gasteiger partial charge in [-0.1, -0.05) is 33.1 Å². The Kier molecular flexibility index (Phi) is 3.77. The molecule has 1 heteroatoms. The van der Waals surface area contributed by atoms with Crippen molar-refractivity contribution < 1.29 is 4.79 Å². The van der Waals surface area contributed by atoms with Crippen LogP contribution in [-0.2, 0) is 4.79 Å². The van der Waals surface area contributed by atoms with E-state index < -0.39 is 0 Å². The Morgan fingerprint density at radius 3 is 2.75 bits per heavy atom. The van der Waals surface area contributed by atoms with Crippen LogP contribution in [0.15, 0.2) is 0 Å². The summed E-state index contributed by atoms with van der Waals surface area (Å²) in [4.78, 5) is 11.2. The minimum Gasteiger partial charge on any atom is -0.300 e. The van der Waals surface area contributed by atoms with Crippen LogP contribution < -0.4 is 0 Å². The first-order valence-electron chi connectivity index (χ1n) is 5.24. The maximum absolute atomic E-state index is 11.2. The van der Waals surface area contributed by atoms with Gasteiger partial charge in [-0.3, -0.25) is 4.79 Å². The third kappa shape index (κ3) is 2.96. The highest BCUT2D eigenvalue weighted by Gasteiger charge is 2.23. The topological polar surface area (TPSA) is 17.1 Å². The average molecular weight is 168 g/mol. The van der Waals surface area contributed by atoms with Gasteiger partial charge in [-0.25, -0.2) is 0 Å². The van der Waals surface area contributed by atoms with Gasteiger partial charge < -0.3 is 0 Å². The first-order valence-corrected chi connectivity index (χ1v) is 5.24. The van der Waals surface area contributed by atoms with Crippen LogP contribution in [0.4, 0.5) is 0 Å². The zero-order chi connectivity index (χ0) is 8.97. The molecule has 0 spiro atoms. The van der Waals surface area contributed by atoms with Gasteiger partial charge in [-0.05, 0) is 18.3 Å². The van der Waals surface area contributed by atoms with Crippen LogP contribution in [0.2, 0.25) is 0 Å². The summed E-state index contributed by atoms with van der Waals surface area (Å²) in [6, 6.07) is 0. The largest absolute Gasteiger partial charge is 0.300 e. The zero-order valence-corrected chi connectivity index (χ0v) is 8.31. The van der Waals surface area contributed by atoms with Crippen LogP contribution >= 0.6 is 0 Å². The first kappa shape index (κ1) is 9.76. The summed E-state index contributed by atoms with van der Waals surface area (Å²) in [5.74, 6) is 1.85. The van der Waals surface area contributed by atoms with E-state index in [0.717, 1.165) is 12.8 Å². The summed E-state index contributed by atoms with van der Waals surface area (Å²) in [7, 11) is 0. The standard InChI is InChI=1S/C11H20O/c1-3-4-5-10-6-9(2)7-11(12)8-10/h9-10H,3-8H2,1-2H3/t9-,10-/m1/s1. The van der Waals surface area contributed by atoms with E-state index in [0.29, 0.717) is 17.6 Å². The Labute approximate surface area is 75.5 Å². The first-order chi connectivity index (χ1) is 5.72. The van der Waals surface area contributed by atoms with E-state index >= 15 is 0 Å². The molecular formula is C11H20O. The molecule has 0 heterocycles. The Morgan fingerprint density at radius 2 is 2.17 bits per heavy atom. The minimum absolute atomic E-state index is 0.495. The van der Waals surface area contributed by atoms with Crippen molar-refractivity contribution in [1.82, 2.24) is 0 Å². The van der Waals surface area contributed by atoms with E-state index in [4.69, 9.17) is 0 Å². The zero-order valence-electron chi connectivity index (χ0n) is 8.31. The minimum atomic E-state index is 0.495. The molecule has 1 aliphatic carbocycles. The number of hydrogen-bond acceptors (Lipinski definition) is 1. The van der Waals surface area contributed by atoms with Crippen molar-refractivity contribution >= 4 is 5.78 Å². The molecule has 0 aromatic heterocycles. The van der Waals surface area contributed by atoms with Crippen molar-refractivity contribution in [2.24, 2.45) is 11.8 Å². The van der Waals surface area contributed by atoms with Crippen molar-refractivity contribution in [3.05, 3.63) is 0 Å². The van der Waals surface area contributed by atoms with Gasteiger partial charge in [0.2, 0.25) is 0 Å². The predicted octanol–water partition coefficient (Wildman–Crippen LogP) is 3.18. The molecule has 2 atom stereocenters. The molecule has 0 saturated heterocycles. The number of carbonyl (C=O) groups is 1. The van der Waals surface area contributed by atoms with Gasteiger partial charge in [-0.15, -0.1) is 0 Å². The summed E-state index contributed by atoms with van der Waals surface area (Å²) in [6.45, 7) is 4.42. The monoisotopic (exact) mass is 168 g/mol. The smallest absolute Gasteiger partial charge is 0.133 e. The number of hydrogen-bond donors (Lipinski definition) is 0. The molecule has 1 fully saturated rings. The second-order valence-electron chi connectivity index (χ2n) is 4.30. The third-order valence-corrected chi connectivity index (χ3v) is 2.79. The molecule has 0 unspecified atom stereocenters. The van der Waals surface area contributed by atoms with E-state index in [1.807, 2.05) is 0 Å².